The van der Waals surface area contributed by atoms with Gasteiger partial charge >= 0.3 is 11.9 Å². The fourth-order valence-electron chi connectivity index (χ4n) is 5.63. The molecule has 2 unspecified atom stereocenters. The first-order valence-corrected chi connectivity index (χ1v) is 18.4. The molecule has 0 fully saturated rings. The van der Waals surface area contributed by atoms with Gasteiger partial charge in [0, 0.05) is 12.8 Å². The highest BCUT2D eigenvalue weighted by molar-refractivity contribution is 5.83. The van der Waals surface area contributed by atoms with E-state index in [9.17, 15) is 19.5 Å². The second kappa shape index (κ2) is 31.8. The van der Waals surface area contributed by atoms with Crippen molar-refractivity contribution in [2.24, 2.45) is 5.73 Å². The Bertz CT molecular complexity index is 658. The van der Waals surface area contributed by atoms with Crippen molar-refractivity contribution in [2.75, 3.05) is 6.54 Å². The van der Waals surface area contributed by atoms with Gasteiger partial charge in [0.2, 0.25) is 5.91 Å². The summed E-state index contributed by atoms with van der Waals surface area (Å²) in [5, 5.41) is 11.9. The number of nitrogens with two attached hydrogens (primary N) is 1. The molecule has 254 valence electrons. The summed E-state index contributed by atoms with van der Waals surface area (Å²) in [4.78, 5) is 36.0. The van der Waals surface area contributed by atoms with E-state index in [0.29, 0.717) is 38.6 Å². The van der Waals surface area contributed by atoms with Gasteiger partial charge in [-0.2, -0.15) is 0 Å². The fraction of sp³-hybridized carbons (Fsp3) is 0.917. The molecule has 0 spiro atoms. The lowest BCUT2D eigenvalue weighted by Gasteiger charge is -2.18. The molecule has 0 aromatic rings. The first kappa shape index (κ1) is 41.4. The van der Waals surface area contributed by atoms with Crippen molar-refractivity contribution < 1.29 is 24.2 Å². The zero-order chi connectivity index (χ0) is 31.8. The van der Waals surface area contributed by atoms with Crippen molar-refractivity contribution in [2.45, 2.75) is 206 Å². The Morgan fingerprint density at radius 2 is 1.00 bits per heavy atom. The Labute approximate surface area is 265 Å². The number of carbonyl (C=O) groups is 3. The number of aliphatic carboxylic acids is 1. The van der Waals surface area contributed by atoms with Crippen LogP contribution in [-0.4, -0.2) is 41.6 Å². The number of ether oxygens (including phenoxy) is 1. The number of esters is 1. The zero-order valence-corrected chi connectivity index (χ0v) is 28.3. The van der Waals surface area contributed by atoms with E-state index in [-0.39, 0.29) is 18.0 Å². The molecule has 0 rings (SSSR count). The van der Waals surface area contributed by atoms with E-state index in [1.807, 2.05) is 0 Å². The standard InChI is InChI=1S/C36H70N2O5/c1-3-5-7-8-9-10-11-12-13-14-15-16-17-18-19-24-30-35(40)43-32(26-21-6-4-2)27-22-20-23-29-34(39)38-33(36(41)42)28-25-31-37/h32-33H,3-31,37H2,1-2H3,(H,38,39)(H,41,42). The Morgan fingerprint density at radius 1 is 0.581 bits per heavy atom. The third-order valence-electron chi connectivity index (χ3n) is 8.42. The highest BCUT2D eigenvalue weighted by Gasteiger charge is 2.19. The van der Waals surface area contributed by atoms with Gasteiger partial charge in [-0.25, -0.2) is 4.79 Å². The van der Waals surface area contributed by atoms with Gasteiger partial charge in [0.15, 0.2) is 0 Å². The van der Waals surface area contributed by atoms with Crippen LogP contribution in [0.2, 0.25) is 0 Å². The van der Waals surface area contributed by atoms with E-state index < -0.39 is 12.0 Å². The van der Waals surface area contributed by atoms with Crippen molar-refractivity contribution >= 4 is 17.8 Å². The molecule has 7 nitrogen and oxygen atoms in total. The van der Waals surface area contributed by atoms with E-state index in [2.05, 4.69) is 19.2 Å². The lowest BCUT2D eigenvalue weighted by molar-refractivity contribution is -0.150. The predicted molar refractivity (Wildman–Crippen MR) is 179 cm³/mol. The lowest BCUT2D eigenvalue weighted by atomic mass is 10.0. The van der Waals surface area contributed by atoms with Crippen molar-refractivity contribution in [3.05, 3.63) is 0 Å². The molecule has 0 aromatic heterocycles. The molecule has 0 heterocycles. The zero-order valence-electron chi connectivity index (χ0n) is 28.3. The van der Waals surface area contributed by atoms with Crippen LogP contribution >= 0.6 is 0 Å². The van der Waals surface area contributed by atoms with Gasteiger partial charge in [0.05, 0.1) is 0 Å². The van der Waals surface area contributed by atoms with Crippen LogP contribution in [0.1, 0.15) is 194 Å². The summed E-state index contributed by atoms with van der Waals surface area (Å²) in [6, 6.07) is -0.868. The molecule has 43 heavy (non-hydrogen) atoms. The van der Waals surface area contributed by atoms with Gasteiger partial charge < -0.3 is 20.9 Å². The van der Waals surface area contributed by atoms with E-state index in [0.717, 1.165) is 57.8 Å². The Kier molecular flexibility index (Phi) is 30.6. The number of amides is 1. The molecule has 0 aromatic carbocycles. The molecule has 0 bridgehead atoms. The molecule has 2 atom stereocenters. The number of hydrogen-bond acceptors (Lipinski definition) is 5. The smallest absolute Gasteiger partial charge is 0.326 e. The fourth-order valence-corrected chi connectivity index (χ4v) is 5.63. The summed E-state index contributed by atoms with van der Waals surface area (Å²) in [7, 11) is 0. The van der Waals surface area contributed by atoms with Crippen LogP contribution < -0.4 is 11.1 Å². The first-order chi connectivity index (χ1) is 20.9. The lowest BCUT2D eigenvalue weighted by Crippen LogP contribution is -2.40. The van der Waals surface area contributed by atoms with Crippen molar-refractivity contribution in [1.29, 1.82) is 0 Å². The third kappa shape index (κ3) is 28.9. The molecule has 0 aliphatic heterocycles. The second-order valence-corrected chi connectivity index (χ2v) is 12.6. The van der Waals surface area contributed by atoms with Crippen molar-refractivity contribution in [3.8, 4) is 0 Å². The maximum absolute atomic E-state index is 12.5. The Hall–Kier alpha value is -1.63. The van der Waals surface area contributed by atoms with Crippen molar-refractivity contribution in [1.82, 2.24) is 5.32 Å². The molecular weight excluding hydrogens is 540 g/mol. The molecule has 0 saturated heterocycles. The van der Waals surface area contributed by atoms with Gasteiger partial charge in [-0.1, -0.05) is 129 Å². The molecule has 0 radical (unpaired) electrons. The van der Waals surface area contributed by atoms with Crippen LogP contribution in [0, 0.1) is 0 Å². The summed E-state index contributed by atoms with van der Waals surface area (Å²) in [6.07, 6.45) is 30.3. The van der Waals surface area contributed by atoms with E-state index in [1.54, 1.807) is 0 Å². The topological polar surface area (TPSA) is 119 Å². The van der Waals surface area contributed by atoms with E-state index in [1.165, 1.54) is 89.9 Å². The molecule has 7 heteroatoms. The summed E-state index contributed by atoms with van der Waals surface area (Å²) in [5.41, 5.74) is 5.46. The average Bonchev–Trinajstić information content (AvgIpc) is 2.98. The van der Waals surface area contributed by atoms with Gasteiger partial charge in [0.1, 0.15) is 12.1 Å². The van der Waals surface area contributed by atoms with E-state index in [4.69, 9.17) is 10.5 Å². The number of unbranched alkanes of at least 4 members (excludes halogenated alkanes) is 19. The minimum absolute atomic E-state index is 0.0402. The Morgan fingerprint density at radius 3 is 1.49 bits per heavy atom. The van der Waals surface area contributed by atoms with Gasteiger partial charge in [0.25, 0.3) is 0 Å². The first-order valence-electron chi connectivity index (χ1n) is 18.4. The van der Waals surface area contributed by atoms with Crippen LogP contribution in [0.15, 0.2) is 0 Å². The summed E-state index contributed by atoms with van der Waals surface area (Å²) < 4.78 is 5.87. The van der Waals surface area contributed by atoms with Crippen molar-refractivity contribution in [3.63, 3.8) is 0 Å². The minimum Gasteiger partial charge on any atom is -0.480 e. The number of hydrogen-bond donors (Lipinski definition) is 3. The number of nitrogens with one attached hydrogen (secondary N) is 1. The van der Waals surface area contributed by atoms with Crippen LogP contribution in [-0.2, 0) is 19.1 Å². The maximum Gasteiger partial charge on any atom is 0.326 e. The number of carboxylic acids is 1. The molecule has 4 N–H and O–H groups in total. The minimum atomic E-state index is -1.02. The normalized spacial score (nSPS) is 12.6. The summed E-state index contributed by atoms with van der Waals surface area (Å²) >= 11 is 0. The number of carboxylic acid groups (broad SMARTS) is 1. The van der Waals surface area contributed by atoms with Crippen LogP contribution in [0.5, 0.6) is 0 Å². The quantitative estimate of drug-likeness (QED) is 0.0503. The number of rotatable bonds is 33. The average molecular weight is 611 g/mol. The van der Waals surface area contributed by atoms with Crippen LogP contribution in [0.3, 0.4) is 0 Å². The molecule has 1 amide bonds. The maximum atomic E-state index is 12.5. The molecular formula is C36H70N2O5. The van der Waals surface area contributed by atoms with Gasteiger partial charge in [-0.15, -0.1) is 0 Å². The number of carbonyl (C=O) groups excluding carboxylic acids is 2. The van der Waals surface area contributed by atoms with Crippen LogP contribution in [0.25, 0.3) is 0 Å². The largest absolute Gasteiger partial charge is 0.480 e. The third-order valence-corrected chi connectivity index (χ3v) is 8.42. The highest BCUT2D eigenvalue weighted by Crippen LogP contribution is 2.18. The van der Waals surface area contributed by atoms with E-state index >= 15 is 0 Å². The predicted octanol–water partition coefficient (Wildman–Crippen LogP) is 9.39. The van der Waals surface area contributed by atoms with Crippen LogP contribution in [0.4, 0.5) is 0 Å². The second-order valence-electron chi connectivity index (χ2n) is 12.6. The molecule has 0 aliphatic carbocycles. The molecule has 0 aliphatic rings. The highest BCUT2D eigenvalue weighted by atomic mass is 16.5. The summed E-state index contributed by atoms with van der Waals surface area (Å²) in [5.74, 6) is -1.31. The summed E-state index contributed by atoms with van der Waals surface area (Å²) in [6.45, 7) is 4.86. The molecule has 0 saturated carbocycles. The SMILES string of the molecule is CCCCCCCCCCCCCCCCCCC(=O)OC(CCCCC)CCCCCC(=O)NC(CCCN)C(=O)O. The Balaban J connectivity index is 3.92. The monoisotopic (exact) mass is 611 g/mol. The van der Waals surface area contributed by atoms with Gasteiger partial charge in [-0.3, -0.25) is 9.59 Å². The van der Waals surface area contributed by atoms with Gasteiger partial charge in [-0.05, 0) is 57.9 Å².